The van der Waals surface area contributed by atoms with Crippen molar-refractivity contribution in [3.63, 3.8) is 0 Å². The van der Waals surface area contributed by atoms with Gasteiger partial charge in [-0.05, 0) is 17.7 Å². The third-order valence-electron chi connectivity index (χ3n) is 2.64. The van der Waals surface area contributed by atoms with Crippen LogP contribution in [0.5, 0.6) is 0 Å². The minimum absolute atomic E-state index is 0.112. The normalized spacial score (nSPS) is 11.1. The number of rotatable bonds is 1. The molecular formula is C12H9N3OS. The number of aromatic nitrogens is 3. The smallest absolute Gasteiger partial charge is 0.257 e. The fraction of sp³-hybridized carbons (Fsp3) is 0.0833. The Kier molecular flexibility index (Phi) is 2.33. The Labute approximate surface area is 101 Å². The maximum Gasteiger partial charge on any atom is 0.257 e. The molecule has 2 heterocycles. The van der Waals surface area contributed by atoms with Gasteiger partial charge in [0.25, 0.3) is 5.56 Å². The van der Waals surface area contributed by atoms with Crippen molar-refractivity contribution in [2.24, 2.45) is 0 Å². The molecule has 2 aromatic heterocycles. The van der Waals surface area contributed by atoms with Crippen molar-refractivity contribution in [2.45, 2.75) is 5.16 Å². The van der Waals surface area contributed by atoms with Gasteiger partial charge in [0.15, 0.2) is 5.16 Å². The second kappa shape index (κ2) is 3.85. The zero-order chi connectivity index (χ0) is 11.8. The second-order valence-corrected chi connectivity index (χ2v) is 4.39. The summed E-state index contributed by atoms with van der Waals surface area (Å²) in [6, 6.07) is 7.47. The quantitative estimate of drug-likeness (QED) is 0.404. The molecule has 0 aliphatic heterocycles. The van der Waals surface area contributed by atoms with Crippen molar-refractivity contribution >= 4 is 33.6 Å². The zero-order valence-corrected chi connectivity index (χ0v) is 9.91. The monoisotopic (exact) mass is 243 g/mol. The summed E-state index contributed by atoms with van der Waals surface area (Å²) in [4.78, 5) is 23.2. The van der Waals surface area contributed by atoms with Crippen molar-refractivity contribution < 1.29 is 0 Å². The van der Waals surface area contributed by atoms with Crippen LogP contribution in [0.3, 0.4) is 0 Å². The van der Waals surface area contributed by atoms with Gasteiger partial charge in [0.05, 0.1) is 0 Å². The van der Waals surface area contributed by atoms with E-state index >= 15 is 0 Å². The number of nitrogens with one attached hydrogen (secondary N) is 1. The van der Waals surface area contributed by atoms with Crippen LogP contribution in [-0.2, 0) is 0 Å². The molecule has 3 rings (SSSR count). The van der Waals surface area contributed by atoms with E-state index in [1.807, 2.05) is 24.5 Å². The van der Waals surface area contributed by atoms with Crippen LogP contribution in [0.4, 0.5) is 0 Å². The number of hydrogen-bond acceptors (Lipinski definition) is 4. The third-order valence-corrected chi connectivity index (χ3v) is 3.20. The van der Waals surface area contributed by atoms with Crippen molar-refractivity contribution in [1.29, 1.82) is 0 Å². The molecule has 0 fully saturated rings. The first-order valence-electron chi connectivity index (χ1n) is 5.11. The van der Waals surface area contributed by atoms with Crippen LogP contribution in [0.1, 0.15) is 0 Å². The molecule has 3 aromatic rings. The summed E-state index contributed by atoms with van der Waals surface area (Å²) in [7, 11) is 0. The lowest BCUT2D eigenvalue weighted by Crippen LogP contribution is -2.07. The number of H-pyrrole nitrogens is 1. The summed E-state index contributed by atoms with van der Waals surface area (Å²) in [6.07, 6.45) is 3.66. The van der Waals surface area contributed by atoms with E-state index in [0.717, 1.165) is 10.8 Å². The highest BCUT2D eigenvalue weighted by Gasteiger charge is 2.06. The van der Waals surface area contributed by atoms with E-state index in [0.29, 0.717) is 16.2 Å². The molecule has 5 heteroatoms. The third kappa shape index (κ3) is 1.59. The van der Waals surface area contributed by atoms with E-state index in [-0.39, 0.29) is 5.56 Å². The summed E-state index contributed by atoms with van der Waals surface area (Å²) in [5.41, 5.74) is 0.479. The lowest BCUT2D eigenvalue weighted by atomic mass is 10.1. The number of pyridine rings is 1. The molecule has 0 saturated carbocycles. The summed E-state index contributed by atoms with van der Waals surface area (Å²) in [6.45, 7) is 0. The Hall–Kier alpha value is -1.88. The van der Waals surface area contributed by atoms with Crippen molar-refractivity contribution in [1.82, 2.24) is 15.0 Å². The van der Waals surface area contributed by atoms with Crippen LogP contribution < -0.4 is 5.56 Å². The van der Waals surface area contributed by atoms with Crippen LogP contribution in [-0.4, -0.2) is 21.2 Å². The molecule has 1 aromatic carbocycles. The second-order valence-electron chi connectivity index (χ2n) is 3.62. The average molecular weight is 243 g/mol. The van der Waals surface area contributed by atoms with Crippen LogP contribution in [0, 0.1) is 0 Å². The summed E-state index contributed by atoms with van der Waals surface area (Å²) in [5.74, 6) is 0. The molecule has 84 valence electrons. The van der Waals surface area contributed by atoms with Gasteiger partial charge >= 0.3 is 0 Å². The molecule has 0 bridgehead atoms. The molecule has 0 aliphatic carbocycles. The Morgan fingerprint density at radius 2 is 1.94 bits per heavy atom. The molecule has 17 heavy (non-hydrogen) atoms. The molecule has 0 amide bonds. The Bertz CT molecular complexity index is 766. The number of aromatic amines is 1. The minimum atomic E-state index is -0.112. The fourth-order valence-corrected chi connectivity index (χ4v) is 2.19. The zero-order valence-electron chi connectivity index (χ0n) is 9.10. The van der Waals surface area contributed by atoms with Crippen molar-refractivity contribution in [3.05, 3.63) is 40.8 Å². The van der Waals surface area contributed by atoms with E-state index in [2.05, 4.69) is 15.0 Å². The fourth-order valence-electron chi connectivity index (χ4n) is 1.85. The minimum Gasteiger partial charge on any atom is -0.306 e. The number of fused-ring (bicyclic) bond motifs is 3. The first-order valence-corrected chi connectivity index (χ1v) is 6.34. The molecule has 0 aliphatic rings. The van der Waals surface area contributed by atoms with Crippen LogP contribution in [0.2, 0.25) is 0 Å². The number of benzene rings is 1. The molecule has 1 N–H and O–H groups in total. The molecule has 0 spiro atoms. The predicted octanol–water partition coefficient (Wildman–Crippen LogP) is 2.19. The summed E-state index contributed by atoms with van der Waals surface area (Å²) in [5, 5.41) is 3.08. The Morgan fingerprint density at radius 1 is 1.18 bits per heavy atom. The summed E-state index contributed by atoms with van der Waals surface area (Å²) >= 11 is 1.45. The first-order chi connectivity index (χ1) is 8.29. The van der Waals surface area contributed by atoms with Gasteiger partial charge in [0.1, 0.15) is 5.65 Å². The van der Waals surface area contributed by atoms with Crippen molar-refractivity contribution in [2.75, 3.05) is 6.26 Å². The number of thioether (sulfide) groups is 1. The Morgan fingerprint density at radius 3 is 2.71 bits per heavy atom. The van der Waals surface area contributed by atoms with E-state index < -0.39 is 0 Å². The molecule has 0 atom stereocenters. The van der Waals surface area contributed by atoms with Gasteiger partial charge < -0.3 is 4.98 Å². The highest BCUT2D eigenvalue weighted by atomic mass is 32.2. The van der Waals surface area contributed by atoms with Crippen LogP contribution in [0.25, 0.3) is 21.8 Å². The number of nitrogens with zero attached hydrogens (tertiary/aromatic N) is 2. The SMILES string of the molecule is CSc1ncc2c(n1)[nH]c(=O)c1ccccc12. The maximum absolute atomic E-state index is 11.9. The van der Waals surface area contributed by atoms with E-state index in [9.17, 15) is 4.79 Å². The molecule has 0 saturated heterocycles. The van der Waals surface area contributed by atoms with Gasteiger partial charge in [0, 0.05) is 17.0 Å². The van der Waals surface area contributed by atoms with Crippen molar-refractivity contribution in [3.8, 4) is 0 Å². The molecule has 0 unspecified atom stereocenters. The largest absolute Gasteiger partial charge is 0.306 e. The lowest BCUT2D eigenvalue weighted by molar-refractivity contribution is 0.991. The van der Waals surface area contributed by atoms with Gasteiger partial charge in [-0.2, -0.15) is 0 Å². The first kappa shape index (κ1) is 10.3. The van der Waals surface area contributed by atoms with E-state index in [4.69, 9.17) is 0 Å². The maximum atomic E-state index is 11.9. The Balaban J connectivity index is 2.53. The highest BCUT2D eigenvalue weighted by Crippen LogP contribution is 2.20. The van der Waals surface area contributed by atoms with Crippen LogP contribution in [0.15, 0.2) is 40.4 Å². The van der Waals surface area contributed by atoms with Gasteiger partial charge in [-0.25, -0.2) is 9.97 Å². The highest BCUT2D eigenvalue weighted by molar-refractivity contribution is 7.98. The standard InChI is InChI=1S/C12H9N3OS/c1-17-12-13-6-9-7-4-2-3-5-8(7)11(16)14-10(9)15-12/h2-6H,1H3,(H,13,14,15,16). The van der Waals surface area contributed by atoms with E-state index in [1.165, 1.54) is 11.8 Å². The molecule has 0 radical (unpaired) electrons. The molecular weight excluding hydrogens is 234 g/mol. The number of hydrogen-bond donors (Lipinski definition) is 1. The molecule has 4 nitrogen and oxygen atoms in total. The predicted molar refractivity (Wildman–Crippen MR) is 69.4 cm³/mol. The lowest BCUT2D eigenvalue weighted by Gasteiger charge is -2.03. The van der Waals surface area contributed by atoms with Gasteiger partial charge in [-0.15, -0.1) is 0 Å². The van der Waals surface area contributed by atoms with E-state index in [1.54, 1.807) is 12.3 Å². The summed E-state index contributed by atoms with van der Waals surface area (Å²) < 4.78 is 0. The van der Waals surface area contributed by atoms with Crippen LogP contribution >= 0.6 is 11.8 Å². The van der Waals surface area contributed by atoms with Gasteiger partial charge in [-0.1, -0.05) is 30.0 Å². The topological polar surface area (TPSA) is 58.6 Å². The van der Waals surface area contributed by atoms with Gasteiger partial charge in [0.2, 0.25) is 0 Å². The average Bonchev–Trinajstić information content (AvgIpc) is 2.38. The van der Waals surface area contributed by atoms with Gasteiger partial charge in [-0.3, -0.25) is 4.79 Å².